The maximum atomic E-state index is 11.8. The first-order valence-corrected chi connectivity index (χ1v) is 5.82. The largest absolute Gasteiger partial charge is 0.368 e. The lowest BCUT2D eigenvalue weighted by Crippen LogP contribution is -2.20. The van der Waals surface area contributed by atoms with Crippen LogP contribution in [-0.2, 0) is 4.79 Å². The Bertz CT molecular complexity index is 265. The molecule has 0 aromatic rings. The Balaban J connectivity index is 2.74. The van der Waals surface area contributed by atoms with Gasteiger partial charge in [0.25, 0.3) is 0 Å². The summed E-state index contributed by atoms with van der Waals surface area (Å²) in [7, 11) is 2.04. The number of allylic oxidation sites excluding steroid dienone is 1. The molecular formula is C11H19NOS. The van der Waals surface area contributed by atoms with E-state index in [0.29, 0.717) is 5.25 Å². The van der Waals surface area contributed by atoms with Gasteiger partial charge in [-0.05, 0) is 0 Å². The first-order valence-electron chi connectivity index (χ1n) is 4.94. The number of carbonyl (C=O) groups excluding carboxylic acids is 1. The molecule has 0 saturated carbocycles. The van der Waals surface area contributed by atoms with Crippen LogP contribution in [0.3, 0.4) is 0 Å². The molecule has 1 fully saturated rings. The van der Waals surface area contributed by atoms with Crippen LogP contribution in [0, 0.1) is 5.41 Å². The van der Waals surface area contributed by atoms with Gasteiger partial charge < -0.3 is 4.90 Å². The van der Waals surface area contributed by atoms with Gasteiger partial charge in [0.05, 0.1) is 5.03 Å². The molecule has 0 N–H and O–H groups in total. The fourth-order valence-corrected chi connectivity index (χ4v) is 2.42. The van der Waals surface area contributed by atoms with E-state index in [9.17, 15) is 4.79 Å². The van der Waals surface area contributed by atoms with Gasteiger partial charge >= 0.3 is 0 Å². The van der Waals surface area contributed by atoms with Crippen molar-refractivity contribution in [3.8, 4) is 0 Å². The Labute approximate surface area is 90.7 Å². The van der Waals surface area contributed by atoms with Gasteiger partial charge in [0.15, 0.2) is 5.78 Å². The maximum absolute atomic E-state index is 11.8. The van der Waals surface area contributed by atoms with Gasteiger partial charge in [-0.2, -0.15) is 0 Å². The summed E-state index contributed by atoms with van der Waals surface area (Å²) in [5, 5.41) is 1.71. The van der Waals surface area contributed by atoms with E-state index >= 15 is 0 Å². The van der Waals surface area contributed by atoms with Crippen molar-refractivity contribution in [3.05, 3.63) is 11.1 Å². The molecule has 1 aliphatic rings. The molecule has 1 aliphatic heterocycles. The monoisotopic (exact) mass is 213 g/mol. The number of thioether (sulfide) groups is 1. The van der Waals surface area contributed by atoms with Crippen LogP contribution in [0.1, 0.15) is 27.7 Å². The minimum absolute atomic E-state index is 0.209. The quantitative estimate of drug-likeness (QED) is 0.624. The Morgan fingerprint density at radius 1 is 1.57 bits per heavy atom. The highest BCUT2D eigenvalue weighted by Crippen LogP contribution is 2.33. The normalized spacial score (nSPS) is 25.9. The van der Waals surface area contributed by atoms with E-state index in [1.165, 1.54) is 0 Å². The lowest BCUT2D eigenvalue weighted by molar-refractivity contribution is -0.121. The summed E-state index contributed by atoms with van der Waals surface area (Å²) in [5.74, 6) is 0.209. The van der Waals surface area contributed by atoms with E-state index in [1.807, 2.05) is 27.8 Å². The molecule has 0 spiro atoms. The molecule has 0 bridgehead atoms. The summed E-state index contributed by atoms with van der Waals surface area (Å²) in [5.41, 5.74) is -0.264. The molecule has 1 heterocycles. The number of nitrogens with zero attached hydrogens (tertiary/aromatic N) is 1. The highest BCUT2D eigenvalue weighted by molar-refractivity contribution is 8.03. The first kappa shape index (κ1) is 11.6. The summed E-state index contributed by atoms with van der Waals surface area (Å²) in [6.45, 7) is 9.08. The summed E-state index contributed by atoms with van der Waals surface area (Å²) in [6.07, 6.45) is 1.79. The minimum Gasteiger partial charge on any atom is -0.368 e. The van der Waals surface area contributed by atoms with Crippen LogP contribution >= 0.6 is 11.8 Å². The molecule has 1 unspecified atom stereocenters. The van der Waals surface area contributed by atoms with Crippen LogP contribution in [0.2, 0.25) is 0 Å². The van der Waals surface area contributed by atoms with Crippen LogP contribution in [0.5, 0.6) is 0 Å². The van der Waals surface area contributed by atoms with Crippen LogP contribution in [0.25, 0.3) is 0 Å². The van der Waals surface area contributed by atoms with Gasteiger partial charge in [-0.25, -0.2) is 0 Å². The van der Waals surface area contributed by atoms with Crippen molar-refractivity contribution in [2.45, 2.75) is 32.9 Å². The van der Waals surface area contributed by atoms with Gasteiger partial charge in [0.1, 0.15) is 0 Å². The number of ketones is 1. The smallest absolute Gasteiger partial charge is 0.163 e. The van der Waals surface area contributed by atoms with Gasteiger partial charge in [-0.1, -0.05) is 27.7 Å². The summed E-state index contributed by atoms with van der Waals surface area (Å²) < 4.78 is 0. The molecule has 2 nitrogen and oxygen atoms in total. The minimum atomic E-state index is -0.264. The van der Waals surface area contributed by atoms with Gasteiger partial charge in [0, 0.05) is 30.3 Å². The van der Waals surface area contributed by atoms with Crippen molar-refractivity contribution < 1.29 is 4.79 Å². The topological polar surface area (TPSA) is 20.3 Å². The molecule has 1 rings (SSSR count). The molecule has 0 aliphatic carbocycles. The molecule has 0 radical (unpaired) electrons. The van der Waals surface area contributed by atoms with Gasteiger partial charge in [0.2, 0.25) is 0 Å². The van der Waals surface area contributed by atoms with Crippen molar-refractivity contribution >= 4 is 17.5 Å². The van der Waals surface area contributed by atoms with Crippen LogP contribution in [0.15, 0.2) is 11.1 Å². The predicted octanol–water partition coefficient (Wildman–Crippen LogP) is 2.51. The Hall–Kier alpha value is -0.440. The third kappa shape index (κ3) is 2.77. The third-order valence-electron chi connectivity index (χ3n) is 2.22. The molecule has 3 heteroatoms. The van der Waals surface area contributed by atoms with E-state index in [-0.39, 0.29) is 11.2 Å². The van der Waals surface area contributed by atoms with Crippen molar-refractivity contribution in [1.29, 1.82) is 0 Å². The second kappa shape index (κ2) is 3.97. The van der Waals surface area contributed by atoms with Gasteiger partial charge in [-0.3, -0.25) is 4.79 Å². The summed E-state index contributed by atoms with van der Waals surface area (Å²) in [6, 6.07) is 0. The van der Waals surface area contributed by atoms with E-state index in [2.05, 4.69) is 11.8 Å². The van der Waals surface area contributed by atoms with Crippen molar-refractivity contribution in [1.82, 2.24) is 4.90 Å². The molecule has 0 aromatic carbocycles. The van der Waals surface area contributed by atoms with Crippen LogP contribution in [0.4, 0.5) is 0 Å². The van der Waals surface area contributed by atoms with E-state index in [1.54, 1.807) is 17.8 Å². The zero-order valence-corrected chi connectivity index (χ0v) is 10.4. The SMILES string of the molecule is CC1CN(C)/C(=C/C(=O)C(C)(C)C)S1. The highest BCUT2D eigenvalue weighted by Gasteiger charge is 2.25. The molecule has 0 amide bonds. The first-order chi connectivity index (χ1) is 6.30. The zero-order valence-electron chi connectivity index (χ0n) is 9.63. The number of carbonyl (C=O) groups is 1. The number of hydrogen-bond acceptors (Lipinski definition) is 3. The van der Waals surface area contributed by atoms with Crippen molar-refractivity contribution in [2.75, 3.05) is 13.6 Å². The van der Waals surface area contributed by atoms with Crippen LogP contribution in [-0.4, -0.2) is 29.5 Å². The lowest BCUT2D eigenvalue weighted by Gasteiger charge is -2.16. The lowest BCUT2D eigenvalue weighted by atomic mass is 9.91. The Morgan fingerprint density at radius 2 is 2.14 bits per heavy atom. The van der Waals surface area contributed by atoms with Crippen LogP contribution < -0.4 is 0 Å². The predicted molar refractivity (Wildman–Crippen MR) is 62.2 cm³/mol. The Morgan fingerprint density at radius 3 is 2.50 bits per heavy atom. The van der Waals surface area contributed by atoms with Crippen molar-refractivity contribution in [3.63, 3.8) is 0 Å². The van der Waals surface area contributed by atoms with Gasteiger partial charge in [-0.15, -0.1) is 11.8 Å². The van der Waals surface area contributed by atoms with E-state index in [4.69, 9.17) is 0 Å². The zero-order chi connectivity index (χ0) is 10.9. The van der Waals surface area contributed by atoms with Crippen molar-refractivity contribution in [2.24, 2.45) is 5.41 Å². The average Bonchev–Trinajstić information content (AvgIpc) is 2.28. The fraction of sp³-hybridized carbons (Fsp3) is 0.727. The third-order valence-corrected chi connectivity index (χ3v) is 3.45. The molecule has 1 atom stereocenters. The highest BCUT2D eigenvalue weighted by atomic mass is 32.2. The van der Waals surface area contributed by atoms with E-state index < -0.39 is 0 Å². The molecule has 80 valence electrons. The van der Waals surface area contributed by atoms with E-state index in [0.717, 1.165) is 11.6 Å². The molecular weight excluding hydrogens is 194 g/mol. The summed E-state index contributed by atoms with van der Waals surface area (Å²) >= 11 is 1.78. The second-order valence-electron chi connectivity index (χ2n) is 4.91. The fourth-order valence-electron chi connectivity index (χ4n) is 1.28. The molecule has 14 heavy (non-hydrogen) atoms. The molecule has 0 aromatic heterocycles. The second-order valence-corrected chi connectivity index (χ2v) is 6.36. The maximum Gasteiger partial charge on any atom is 0.163 e. The summed E-state index contributed by atoms with van der Waals surface area (Å²) in [4.78, 5) is 13.9. The number of rotatable bonds is 1. The Kier molecular flexibility index (Phi) is 3.30. The average molecular weight is 213 g/mol. The number of hydrogen-bond donors (Lipinski definition) is 0. The standard InChI is InChI=1S/C11H19NOS/c1-8-7-12(5)10(14-8)6-9(13)11(2,3)4/h6,8H,7H2,1-5H3/b10-6-. The molecule has 1 saturated heterocycles.